The van der Waals surface area contributed by atoms with Gasteiger partial charge in [-0.1, -0.05) is 17.7 Å². The van der Waals surface area contributed by atoms with Gasteiger partial charge in [-0.25, -0.2) is 9.59 Å². The Kier molecular flexibility index (Phi) is 9.76. The summed E-state index contributed by atoms with van der Waals surface area (Å²) in [7, 11) is 1.28. The number of hydrazone groups is 1. The average Bonchev–Trinajstić information content (AvgIpc) is 3.24. The van der Waals surface area contributed by atoms with E-state index in [0.29, 0.717) is 34.4 Å². The molecule has 222 valence electrons. The number of ether oxygens (including phenoxy) is 3. The molecule has 0 aliphatic carbocycles. The first kappa shape index (κ1) is 30.5. The summed E-state index contributed by atoms with van der Waals surface area (Å²) in [6.07, 6.45) is 0.524. The number of aliphatic hydroxyl groups excluding tert-OH is 1. The molecule has 3 aromatic rings. The molecular weight excluding hydrogens is 562 g/mol. The van der Waals surface area contributed by atoms with Crippen molar-refractivity contribution in [1.82, 2.24) is 20.6 Å². The van der Waals surface area contributed by atoms with Gasteiger partial charge in [0.15, 0.2) is 17.7 Å². The quantitative estimate of drug-likeness (QED) is 0.112. The van der Waals surface area contributed by atoms with Crippen LogP contribution in [0.1, 0.15) is 42.4 Å². The van der Waals surface area contributed by atoms with E-state index >= 15 is 0 Å². The highest BCUT2D eigenvalue weighted by Crippen LogP contribution is 2.35. The van der Waals surface area contributed by atoms with Crippen molar-refractivity contribution in [2.24, 2.45) is 5.10 Å². The third kappa shape index (κ3) is 6.87. The molecule has 2 aromatic carbocycles. The zero-order valence-electron chi connectivity index (χ0n) is 24.0. The Labute approximate surface area is 249 Å². The Morgan fingerprint density at radius 3 is 2.57 bits per heavy atom. The van der Waals surface area contributed by atoms with Crippen LogP contribution in [0.3, 0.4) is 0 Å². The fourth-order valence-electron chi connectivity index (χ4n) is 4.72. The van der Waals surface area contributed by atoms with E-state index in [4.69, 9.17) is 25.8 Å². The standard InChI is InChI=1S/C30H34ClN5O6/c1-6-41-25-14-20(28-27(29(38)40-5)18(3)33-30(39)34-28)7-12-24(25)42-16-26(37)35-32-15-21-13-17(2)36(19(21)4)23-10-8-22(31)9-11-23/h7-15,26,28,35,37H,6,16H2,1-5H3,(H2,33,34,39)/b32-15+/t26-,28+/m0/s1. The second-order valence-electron chi connectivity index (χ2n) is 9.55. The molecule has 12 heteroatoms. The molecule has 2 heterocycles. The lowest BCUT2D eigenvalue weighted by atomic mass is 9.95. The van der Waals surface area contributed by atoms with E-state index in [9.17, 15) is 14.7 Å². The highest BCUT2D eigenvalue weighted by molar-refractivity contribution is 6.30. The summed E-state index contributed by atoms with van der Waals surface area (Å²) >= 11 is 6.03. The summed E-state index contributed by atoms with van der Waals surface area (Å²) < 4.78 is 18.6. The summed E-state index contributed by atoms with van der Waals surface area (Å²) in [5, 5.41) is 20.7. The number of aliphatic hydroxyl groups is 1. The number of halogens is 1. The van der Waals surface area contributed by atoms with Crippen molar-refractivity contribution in [2.45, 2.75) is 40.0 Å². The van der Waals surface area contributed by atoms with Crippen molar-refractivity contribution in [1.29, 1.82) is 0 Å². The van der Waals surface area contributed by atoms with Crippen LogP contribution < -0.4 is 25.5 Å². The second kappa shape index (κ2) is 13.5. The number of nitrogens with one attached hydrogen (secondary N) is 3. The van der Waals surface area contributed by atoms with Gasteiger partial charge in [0.25, 0.3) is 0 Å². The zero-order valence-corrected chi connectivity index (χ0v) is 24.8. The number of benzene rings is 2. The molecule has 1 aromatic heterocycles. The van der Waals surface area contributed by atoms with Gasteiger partial charge in [-0.05, 0) is 75.7 Å². The highest BCUT2D eigenvalue weighted by atomic mass is 35.5. The fourth-order valence-corrected chi connectivity index (χ4v) is 4.85. The maximum atomic E-state index is 12.4. The smallest absolute Gasteiger partial charge is 0.337 e. The number of carbonyl (C=O) groups is 2. The van der Waals surface area contributed by atoms with Crippen LogP contribution in [0, 0.1) is 13.8 Å². The van der Waals surface area contributed by atoms with Crippen molar-refractivity contribution < 1.29 is 28.9 Å². The molecule has 0 saturated carbocycles. The van der Waals surface area contributed by atoms with Crippen LogP contribution in [-0.4, -0.2) is 54.4 Å². The molecule has 4 N–H and O–H groups in total. The lowest BCUT2D eigenvalue weighted by Crippen LogP contribution is -2.45. The number of aromatic nitrogens is 1. The minimum atomic E-state index is -1.12. The first-order chi connectivity index (χ1) is 20.1. The van der Waals surface area contributed by atoms with E-state index in [2.05, 4.69) is 25.7 Å². The molecule has 0 spiro atoms. The van der Waals surface area contributed by atoms with E-state index in [1.54, 1.807) is 31.3 Å². The summed E-state index contributed by atoms with van der Waals surface area (Å²) in [5.41, 5.74) is 7.83. The van der Waals surface area contributed by atoms with Crippen molar-refractivity contribution >= 4 is 29.8 Å². The lowest BCUT2D eigenvalue weighted by molar-refractivity contribution is -0.136. The third-order valence-corrected chi connectivity index (χ3v) is 6.91. The Hall–Kier alpha value is -4.48. The number of rotatable bonds is 11. The molecule has 0 saturated heterocycles. The molecule has 0 bridgehead atoms. The van der Waals surface area contributed by atoms with Gasteiger partial charge in [-0.15, -0.1) is 0 Å². The topological polar surface area (TPSA) is 135 Å². The number of amides is 2. The van der Waals surface area contributed by atoms with Crippen LogP contribution in [0.5, 0.6) is 11.5 Å². The summed E-state index contributed by atoms with van der Waals surface area (Å²) in [6, 6.07) is 13.4. The van der Waals surface area contributed by atoms with E-state index in [1.165, 1.54) is 7.11 Å². The summed E-state index contributed by atoms with van der Waals surface area (Å²) in [4.78, 5) is 24.6. The number of esters is 1. The number of urea groups is 1. The number of hydrogen-bond acceptors (Lipinski definition) is 8. The van der Waals surface area contributed by atoms with Crippen LogP contribution in [0.2, 0.25) is 5.02 Å². The summed E-state index contributed by atoms with van der Waals surface area (Å²) in [5.74, 6) is 0.192. The van der Waals surface area contributed by atoms with Gasteiger partial charge in [-0.2, -0.15) is 5.10 Å². The van der Waals surface area contributed by atoms with E-state index < -0.39 is 24.3 Å². The first-order valence-electron chi connectivity index (χ1n) is 13.3. The van der Waals surface area contributed by atoms with Crippen LogP contribution >= 0.6 is 11.6 Å². The SMILES string of the molecule is CCOc1cc([C@H]2NC(=O)NC(C)=C2C(=O)OC)ccc1OC[C@H](O)N/N=C/c1cc(C)n(-c2ccc(Cl)cc2)c1C. The number of nitrogens with zero attached hydrogens (tertiary/aromatic N) is 2. The molecule has 42 heavy (non-hydrogen) atoms. The number of hydrogen-bond donors (Lipinski definition) is 4. The minimum Gasteiger partial charge on any atom is -0.490 e. The molecular formula is C30H34ClN5O6. The Balaban J connectivity index is 1.43. The van der Waals surface area contributed by atoms with Gasteiger partial charge in [0.2, 0.25) is 0 Å². The largest absolute Gasteiger partial charge is 0.490 e. The first-order valence-corrected chi connectivity index (χ1v) is 13.7. The molecule has 1 aliphatic heterocycles. The van der Waals surface area contributed by atoms with E-state index in [1.807, 2.05) is 51.1 Å². The van der Waals surface area contributed by atoms with Crippen molar-refractivity contribution in [3.05, 3.63) is 87.3 Å². The number of carbonyl (C=O) groups excluding carboxylic acids is 2. The van der Waals surface area contributed by atoms with Crippen LogP contribution in [0.15, 0.2) is 64.9 Å². The average molecular weight is 596 g/mol. The van der Waals surface area contributed by atoms with E-state index in [-0.39, 0.29) is 12.2 Å². The lowest BCUT2D eigenvalue weighted by Gasteiger charge is -2.28. The van der Waals surface area contributed by atoms with Gasteiger partial charge < -0.3 is 34.5 Å². The maximum absolute atomic E-state index is 12.4. The van der Waals surface area contributed by atoms with Crippen LogP contribution in [-0.2, 0) is 9.53 Å². The van der Waals surface area contributed by atoms with Crippen LogP contribution in [0.4, 0.5) is 4.79 Å². The van der Waals surface area contributed by atoms with Crippen molar-refractivity contribution in [2.75, 3.05) is 20.3 Å². The fraction of sp³-hybridized carbons (Fsp3) is 0.300. The normalized spacial score (nSPS) is 15.7. The molecule has 4 rings (SSSR count). The van der Waals surface area contributed by atoms with Gasteiger partial charge in [0.05, 0.1) is 31.5 Å². The van der Waals surface area contributed by atoms with E-state index in [0.717, 1.165) is 22.6 Å². The molecule has 2 amide bonds. The summed E-state index contributed by atoms with van der Waals surface area (Å²) in [6.45, 7) is 7.66. The third-order valence-electron chi connectivity index (χ3n) is 6.65. The molecule has 0 unspecified atom stereocenters. The monoisotopic (exact) mass is 595 g/mol. The maximum Gasteiger partial charge on any atom is 0.337 e. The van der Waals surface area contributed by atoms with Crippen molar-refractivity contribution in [3.63, 3.8) is 0 Å². The Bertz CT molecular complexity index is 1520. The van der Waals surface area contributed by atoms with Crippen molar-refractivity contribution in [3.8, 4) is 17.2 Å². The predicted octanol–water partition coefficient (Wildman–Crippen LogP) is 4.27. The number of methoxy groups -OCH3 is 1. The minimum absolute atomic E-state index is 0.128. The van der Waals surface area contributed by atoms with Gasteiger partial charge in [-0.3, -0.25) is 5.43 Å². The highest BCUT2D eigenvalue weighted by Gasteiger charge is 2.32. The predicted molar refractivity (Wildman–Crippen MR) is 159 cm³/mol. The molecule has 0 radical (unpaired) electrons. The molecule has 1 aliphatic rings. The molecule has 0 fully saturated rings. The number of aryl methyl sites for hydroxylation is 1. The Morgan fingerprint density at radius 1 is 1.14 bits per heavy atom. The number of allylic oxidation sites excluding steroid dienone is 1. The van der Waals surface area contributed by atoms with Gasteiger partial charge in [0, 0.05) is 33.4 Å². The van der Waals surface area contributed by atoms with Gasteiger partial charge in [0.1, 0.15) is 6.61 Å². The van der Waals surface area contributed by atoms with Crippen LogP contribution in [0.25, 0.3) is 5.69 Å². The Morgan fingerprint density at radius 2 is 1.88 bits per heavy atom. The van der Waals surface area contributed by atoms with Gasteiger partial charge >= 0.3 is 12.0 Å². The molecule has 2 atom stereocenters. The molecule has 11 nitrogen and oxygen atoms in total. The second-order valence-corrected chi connectivity index (χ2v) is 9.99. The zero-order chi connectivity index (χ0) is 30.4.